The molecule has 1 saturated heterocycles. The van der Waals surface area contributed by atoms with E-state index in [1.165, 1.54) is 13.2 Å². The number of barbiturate groups is 1. The van der Waals surface area contributed by atoms with Crippen LogP contribution in [0.5, 0.6) is 11.5 Å². The van der Waals surface area contributed by atoms with Gasteiger partial charge in [0.2, 0.25) is 0 Å². The Labute approximate surface area is 175 Å². The molecular weight excluding hydrogens is 384 g/mol. The highest BCUT2D eigenvalue weighted by Crippen LogP contribution is 2.30. The van der Waals surface area contributed by atoms with Crippen LogP contribution in [0.3, 0.4) is 0 Å². The van der Waals surface area contributed by atoms with Crippen LogP contribution in [-0.2, 0) is 9.59 Å². The van der Waals surface area contributed by atoms with Gasteiger partial charge in [-0.3, -0.25) is 14.9 Å². The maximum absolute atomic E-state index is 13.0. The Hall–Kier alpha value is -3.61. The van der Waals surface area contributed by atoms with Crippen LogP contribution >= 0.6 is 0 Å². The van der Waals surface area contributed by atoms with Gasteiger partial charge in [0.15, 0.2) is 11.5 Å². The van der Waals surface area contributed by atoms with E-state index in [1.54, 1.807) is 30.3 Å². The van der Waals surface area contributed by atoms with Crippen LogP contribution in [0.4, 0.5) is 10.5 Å². The number of ether oxygens (including phenoxy) is 2. The Kier molecular flexibility index (Phi) is 6.20. The van der Waals surface area contributed by atoms with E-state index in [2.05, 4.69) is 5.32 Å². The van der Waals surface area contributed by atoms with Crippen molar-refractivity contribution in [1.29, 1.82) is 0 Å². The highest BCUT2D eigenvalue weighted by atomic mass is 16.5. The Balaban J connectivity index is 1.97. The molecule has 0 atom stereocenters. The Morgan fingerprint density at radius 2 is 1.77 bits per heavy atom. The summed E-state index contributed by atoms with van der Waals surface area (Å²) >= 11 is 0. The third-order valence-electron chi connectivity index (χ3n) is 4.81. The number of anilines is 1. The van der Waals surface area contributed by atoms with Gasteiger partial charge in [-0.2, -0.15) is 0 Å². The molecular formula is C23H24N2O5. The van der Waals surface area contributed by atoms with E-state index in [4.69, 9.17) is 9.47 Å². The topological polar surface area (TPSA) is 84.9 Å². The van der Waals surface area contributed by atoms with E-state index < -0.39 is 17.8 Å². The predicted molar refractivity (Wildman–Crippen MR) is 114 cm³/mol. The fourth-order valence-corrected chi connectivity index (χ4v) is 3.03. The second-order valence-electron chi connectivity index (χ2n) is 6.99. The highest BCUT2D eigenvalue weighted by Gasteiger charge is 2.36. The zero-order chi connectivity index (χ0) is 21.8. The maximum atomic E-state index is 13.0. The molecule has 0 spiro atoms. The van der Waals surface area contributed by atoms with E-state index in [0.717, 1.165) is 22.4 Å². The summed E-state index contributed by atoms with van der Waals surface area (Å²) in [7, 11) is 1.52. The summed E-state index contributed by atoms with van der Waals surface area (Å²) in [5, 5.41) is 2.23. The second-order valence-corrected chi connectivity index (χ2v) is 6.99. The van der Waals surface area contributed by atoms with Crippen molar-refractivity contribution in [3.05, 3.63) is 58.7 Å². The van der Waals surface area contributed by atoms with E-state index in [1.807, 2.05) is 26.8 Å². The number of carbonyl (C=O) groups excluding carboxylic acids is 3. The minimum absolute atomic E-state index is 0.142. The molecule has 30 heavy (non-hydrogen) atoms. The van der Waals surface area contributed by atoms with Crippen LogP contribution in [0.1, 0.15) is 30.0 Å². The van der Waals surface area contributed by atoms with Crippen molar-refractivity contribution < 1.29 is 23.9 Å². The van der Waals surface area contributed by atoms with Gasteiger partial charge in [0.1, 0.15) is 5.57 Å². The van der Waals surface area contributed by atoms with Crippen molar-refractivity contribution >= 4 is 29.6 Å². The summed E-state index contributed by atoms with van der Waals surface area (Å²) in [5.41, 5.74) is 2.80. The zero-order valence-corrected chi connectivity index (χ0v) is 17.4. The van der Waals surface area contributed by atoms with Crippen molar-refractivity contribution in [2.75, 3.05) is 18.6 Å². The molecule has 4 amide bonds. The summed E-state index contributed by atoms with van der Waals surface area (Å²) in [6.45, 7) is 6.38. The van der Waals surface area contributed by atoms with Gasteiger partial charge in [-0.05, 0) is 67.3 Å². The molecule has 7 nitrogen and oxygen atoms in total. The largest absolute Gasteiger partial charge is 0.493 e. The molecule has 2 aromatic carbocycles. The van der Waals surface area contributed by atoms with Gasteiger partial charge in [0.05, 0.1) is 19.4 Å². The molecule has 0 radical (unpaired) electrons. The molecule has 2 aromatic rings. The molecule has 1 fully saturated rings. The minimum Gasteiger partial charge on any atom is -0.493 e. The zero-order valence-electron chi connectivity index (χ0n) is 17.4. The number of imide groups is 2. The second kappa shape index (κ2) is 8.82. The summed E-state index contributed by atoms with van der Waals surface area (Å²) in [5.74, 6) is -0.357. The van der Waals surface area contributed by atoms with Crippen molar-refractivity contribution in [1.82, 2.24) is 5.32 Å². The summed E-state index contributed by atoms with van der Waals surface area (Å²) < 4.78 is 11.0. The number of benzene rings is 2. The van der Waals surface area contributed by atoms with Gasteiger partial charge in [-0.15, -0.1) is 0 Å². The molecule has 0 aromatic heterocycles. The van der Waals surface area contributed by atoms with Crippen LogP contribution in [-0.4, -0.2) is 31.6 Å². The van der Waals surface area contributed by atoms with Crippen LogP contribution in [0.15, 0.2) is 42.0 Å². The minimum atomic E-state index is -0.772. The van der Waals surface area contributed by atoms with Gasteiger partial charge in [-0.25, -0.2) is 9.69 Å². The summed E-state index contributed by atoms with van der Waals surface area (Å²) in [4.78, 5) is 38.7. The molecule has 7 heteroatoms. The van der Waals surface area contributed by atoms with E-state index in [9.17, 15) is 14.4 Å². The molecule has 1 aliphatic rings. The molecule has 0 saturated carbocycles. The Morgan fingerprint density at radius 3 is 2.43 bits per heavy atom. The number of methoxy groups -OCH3 is 1. The van der Waals surface area contributed by atoms with Crippen LogP contribution < -0.4 is 19.7 Å². The maximum Gasteiger partial charge on any atom is 0.335 e. The van der Waals surface area contributed by atoms with Crippen molar-refractivity contribution in [2.24, 2.45) is 0 Å². The average Bonchev–Trinajstić information content (AvgIpc) is 2.72. The third-order valence-corrected chi connectivity index (χ3v) is 4.81. The van der Waals surface area contributed by atoms with Gasteiger partial charge < -0.3 is 9.47 Å². The first-order valence-electron chi connectivity index (χ1n) is 9.65. The standard InChI is InChI=1S/C23H24N2O5/c1-5-10-30-19-9-7-16(13-20(19)29-4)12-18-21(26)24-23(28)25(22(18)27)17-8-6-14(2)15(3)11-17/h6-9,11-13H,5,10H2,1-4H3,(H,24,26,28)/b18-12+. The lowest BCUT2D eigenvalue weighted by molar-refractivity contribution is -0.122. The van der Waals surface area contributed by atoms with Gasteiger partial charge in [0.25, 0.3) is 11.8 Å². The van der Waals surface area contributed by atoms with Gasteiger partial charge >= 0.3 is 6.03 Å². The fourth-order valence-electron chi connectivity index (χ4n) is 3.03. The normalized spacial score (nSPS) is 15.4. The van der Waals surface area contributed by atoms with Crippen LogP contribution in [0.25, 0.3) is 6.08 Å². The van der Waals surface area contributed by atoms with Crippen molar-refractivity contribution in [2.45, 2.75) is 27.2 Å². The average molecular weight is 408 g/mol. The van der Waals surface area contributed by atoms with Crippen molar-refractivity contribution in [3.8, 4) is 11.5 Å². The quantitative estimate of drug-likeness (QED) is 0.581. The molecule has 1 aliphatic heterocycles. The number of nitrogens with zero attached hydrogens (tertiary/aromatic N) is 1. The van der Waals surface area contributed by atoms with Crippen LogP contribution in [0.2, 0.25) is 0 Å². The first-order valence-corrected chi connectivity index (χ1v) is 9.65. The number of aryl methyl sites for hydroxylation is 2. The number of nitrogens with one attached hydrogen (secondary N) is 1. The first kappa shape index (κ1) is 21.1. The number of amides is 4. The van der Waals surface area contributed by atoms with Crippen LogP contribution in [0, 0.1) is 13.8 Å². The molecule has 0 unspecified atom stereocenters. The van der Waals surface area contributed by atoms with Crippen molar-refractivity contribution in [3.63, 3.8) is 0 Å². The smallest absolute Gasteiger partial charge is 0.335 e. The molecule has 156 valence electrons. The molecule has 3 rings (SSSR count). The number of rotatable bonds is 6. The lowest BCUT2D eigenvalue weighted by Gasteiger charge is -2.26. The lowest BCUT2D eigenvalue weighted by atomic mass is 10.0. The van der Waals surface area contributed by atoms with E-state index >= 15 is 0 Å². The number of hydrogen-bond donors (Lipinski definition) is 1. The fraction of sp³-hybridized carbons (Fsp3) is 0.261. The highest BCUT2D eigenvalue weighted by molar-refractivity contribution is 6.39. The van der Waals surface area contributed by atoms with Gasteiger partial charge in [0, 0.05) is 0 Å². The summed E-state index contributed by atoms with van der Waals surface area (Å²) in [6, 6.07) is 9.58. The molecule has 0 bridgehead atoms. The van der Waals surface area contributed by atoms with E-state index in [0.29, 0.717) is 29.4 Å². The SMILES string of the molecule is CCCOc1ccc(/C=C2\C(=O)NC(=O)N(c3ccc(C)c(C)c3)C2=O)cc1OC. The molecule has 0 aliphatic carbocycles. The van der Waals surface area contributed by atoms with E-state index in [-0.39, 0.29) is 5.57 Å². The molecule has 1 heterocycles. The molecule has 1 N–H and O–H groups in total. The number of hydrogen-bond acceptors (Lipinski definition) is 5. The number of carbonyl (C=O) groups is 3. The van der Waals surface area contributed by atoms with Gasteiger partial charge in [-0.1, -0.05) is 19.1 Å². The lowest BCUT2D eigenvalue weighted by Crippen LogP contribution is -2.54. The third kappa shape index (κ3) is 4.20. The monoisotopic (exact) mass is 408 g/mol. The Bertz CT molecular complexity index is 1040. The Morgan fingerprint density at radius 1 is 1.00 bits per heavy atom. The number of urea groups is 1. The first-order chi connectivity index (χ1) is 14.3. The predicted octanol–water partition coefficient (Wildman–Crippen LogP) is 3.77. The summed E-state index contributed by atoms with van der Waals surface area (Å²) in [6.07, 6.45) is 2.29.